The van der Waals surface area contributed by atoms with Crippen LogP contribution in [0.4, 0.5) is 5.82 Å². The monoisotopic (exact) mass is 527 g/mol. The summed E-state index contributed by atoms with van der Waals surface area (Å²) in [6.07, 6.45) is 3.65. The molecule has 5 rings (SSSR count). The number of aromatic nitrogens is 3. The Kier molecular flexibility index (Phi) is 7.87. The van der Waals surface area contributed by atoms with Gasteiger partial charge in [0.25, 0.3) is 11.5 Å². The minimum absolute atomic E-state index is 0.0109. The van der Waals surface area contributed by atoms with Gasteiger partial charge in [-0.15, -0.1) is 0 Å². The molecule has 0 aliphatic carbocycles. The summed E-state index contributed by atoms with van der Waals surface area (Å²) in [5.41, 5.74) is 0.569. The van der Waals surface area contributed by atoms with Crippen molar-refractivity contribution < 1.29 is 23.6 Å². The molecular formula is C25H29N5O6S. The van der Waals surface area contributed by atoms with E-state index in [2.05, 4.69) is 15.8 Å². The van der Waals surface area contributed by atoms with E-state index in [1.807, 2.05) is 0 Å². The quantitative estimate of drug-likeness (QED) is 0.318. The molecule has 0 bridgehead atoms. The highest BCUT2D eigenvalue weighted by atomic mass is 32.2. The van der Waals surface area contributed by atoms with Crippen molar-refractivity contribution in [1.29, 1.82) is 0 Å². The van der Waals surface area contributed by atoms with Gasteiger partial charge in [-0.2, -0.15) is 0 Å². The highest BCUT2D eigenvalue weighted by Crippen LogP contribution is 2.22. The largest absolute Gasteiger partial charge is 0.376 e. The van der Waals surface area contributed by atoms with E-state index in [0.717, 1.165) is 44.1 Å². The molecule has 0 spiro atoms. The van der Waals surface area contributed by atoms with Gasteiger partial charge in [0.05, 0.1) is 35.4 Å². The summed E-state index contributed by atoms with van der Waals surface area (Å²) >= 11 is 1.14. The molecular weight excluding hydrogens is 498 g/mol. The molecule has 2 aliphatic rings. The summed E-state index contributed by atoms with van der Waals surface area (Å²) in [5.74, 6) is 0.361. The van der Waals surface area contributed by atoms with Crippen LogP contribution < -0.4 is 16.2 Å². The maximum Gasteiger partial charge on any atom is 0.262 e. The molecule has 196 valence electrons. The van der Waals surface area contributed by atoms with E-state index in [1.165, 1.54) is 0 Å². The van der Waals surface area contributed by atoms with Crippen LogP contribution in [0.15, 0.2) is 38.7 Å². The van der Waals surface area contributed by atoms with Gasteiger partial charge in [0.1, 0.15) is 5.76 Å². The molecule has 2 aliphatic heterocycles. The molecule has 2 amide bonds. The second-order valence-electron chi connectivity index (χ2n) is 9.18. The van der Waals surface area contributed by atoms with Crippen LogP contribution in [0.5, 0.6) is 0 Å². The molecule has 2 saturated heterocycles. The van der Waals surface area contributed by atoms with Crippen molar-refractivity contribution >= 4 is 40.3 Å². The lowest BCUT2D eigenvalue weighted by Gasteiger charge is -2.17. The summed E-state index contributed by atoms with van der Waals surface area (Å²) in [4.78, 5) is 43.4. The predicted octanol–water partition coefficient (Wildman–Crippen LogP) is 2.51. The van der Waals surface area contributed by atoms with Gasteiger partial charge < -0.3 is 24.6 Å². The normalized spacial score (nSPS) is 19.4. The maximum absolute atomic E-state index is 13.5. The first-order chi connectivity index (χ1) is 18.0. The van der Waals surface area contributed by atoms with Crippen molar-refractivity contribution in [3.63, 3.8) is 0 Å². The Morgan fingerprint density at radius 1 is 1.14 bits per heavy atom. The predicted molar refractivity (Wildman–Crippen MR) is 137 cm³/mol. The summed E-state index contributed by atoms with van der Waals surface area (Å²) in [7, 11) is 0. The van der Waals surface area contributed by atoms with Gasteiger partial charge in [-0.3, -0.25) is 19.0 Å². The zero-order chi connectivity index (χ0) is 25.8. The number of anilines is 1. The summed E-state index contributed by atoms with van der Waals surface area (Å²) < 4.78 is 17.9. The first-order valence-electron chi connectivity index (χ1n) is 12.4. The molecule has 3 aromatic rings. The van der Waals surface area contributed by atoms with E-state index in [0.29, 0.717) is 52.9 Å². The van der Waals surface area contributed by atoms with Gasteiger partial charge in [0.2, 0.25) is 5.91 Å². The minimum atomic E-state index is -0.307. The molecule has 37 heavy (non-hydrogen) atoms. The van der Waals surface area contributed by atoms with E-state index in [-0.39, 0.29) is 35.3 Å². The van der Waals surface area contributed by atoms with Crippen molar-refractivity contribution in [3.05, 3.63) is 45.9 Å². The van der Waals surface area contributed by atoms with Crippen LogP contribution in [0.1, 0.15) is 41.8 Å². The number of thioether (sulfide) groups is 1. The number of fused-ring (bicyclic) bond motifs is 1. The lowest BCUT2D eigenvalue weighted by Crippen LogP contribution is -2.32. The fraction of sp³-hybridized carbons (Fsp3) is 0.480. The Balaban J connectivity index is 1.37. The lowest BCUT2D eigenvalue weighted by atomic mass is 10.1. The van der Waals surface area contributed by atoms with Gasteiger partial charge in [-0.1, -0.05) is 16.9 Å². The number of hydrogen-bond donors (Lipinski definition) is 2. The number of benzene rings is 1. The Hall–Kier alpha value is -3.22. The molecule has 11 nitrogen and oxygen atoms in total. The molecule has 0 radical (unpaired) electrons. The molecule has 0 saturated carbocycles. The number of nitrogens with one attached hydrogen (secondary N) is 2. The van der Waals surface area contributed by atoms with Crippen molar-refractivity contribution in [2.75, 3.05) is 30.8 Å². The van der Waals surface area contributed by atoms with E-state index in [4.69, 9.17) is 19.0 Å². The van der Waals surface area contributed by atoms with Gasteiger partial charge >= 0.3 is 0 Å². The van der Waals surface area contributed by atoms with E-state index < -0.39 is 0 Å². The van der Waals surface area contributed by atoms with Crippen molar-refractivity contribution in [3.8, 4) is 0 Å². The molecule has 2 aromatic heterocycles. The summed E-state index contributed by atoms with van der Waals surface area (Å²) in [5, 5.41) is 10.1. The average Bonchev–Trinajstić information content (AvgIpc) is 3.67. The zero-order valence-corrected chi connectivity index (χ0v) is 21.3. The topological polar surface area (TPSA) is 138 Å². The Labute approximate surface area is 217 Å². The Morgan fingerprint density at radius 2 is 1.92 bits per heavy atom. The van der Waals surface area contributed by atoms with E-state index in [1.54, 1.807) is 35.8 Å². The van der Waals surface area contributed by atoms with E-state index >= 15 is 0 Å². The van der Waals surface area contributed by atoms with Crippen LogP contribution >= 0.6 is 11.8 Å². The van der Waals surface area contributed by atoms with Crippen LogP contribution in [0.25, 0.3) is 10.9 Å². The van der Waals surface area contributed by atoms with Gasteiger partial charge in [0, 0.05) is 31.4 Å². The Morgan fingerprint density at radius 3 is 2.62 bits per heavy atom. The fourth-order valence-electron chi connectivity index (χ4n) is 4.45. The lowest BCUT2D eigenvalue weighted by molar-refractivity contribution is -0.113. The second kappa shape index (κ2) is 11.4. The molecule has 4 heterocycles. The number of hydrogen-bond acceptors (Lipinski definition) is 9. The molecule has 2 atom stereocenters. The number of rotatable bonds is 9. The van der Waals surface area contributed by atoms with Crippen LogP contribution in [-0.4, -0.2) is 64.2 Å². The number of amides is 2. The SMILES string of the molecule is Cc1cc(NC(=O)CSc2nc3cc(C(=O)NC[C@H]4CCCO4)ccc3c(=O)n2C[C@@H]2CCCO2)no1. The summed E-state index contributed by atoms with van der Waals surface area (Å²) in [6.45, 7) is 3.89. The van der Waals surface area contributed by atoms with Crippen LogP contribution in [0, 0.1) is 6.92 Å². The first-order valence-corrected chi connectivity index (χ1v) is 13.4. The first kappa shape index (κ1) is 25.4. The van der Waals surface area contributed by atoms with Gasteiger partial charge in [-0.05, 0) is 50.8 Å². The zero-order valence-electron chi connectivity index (χ0n) is 20.5. The van der Waals surface area contributed by atoms with Crippen LogP contribution in [0.3, 0.4) is 0 Å². The summed E-state index contributed by atoms with van der Waals surface area (Å²) in [6, 6.07) is 6.49. The third kappa shape index (κ3) is 6.20. The highest BCUT2D eigenvalue weighted by Gasteiger charge is 2.22. The smallest absolute Gasteiger partial charge is 0.262 e. The maximum atomic E-state index is 13.5. The number of nitrogens with zero attached hydrogens (tertiary/aromatic N) is 3. The van der Waals surface area contributed by atoms with Crippen LogP contribution in [0.2, 0.25) is 0 Å². The van der Waals surface area contributed by atoms with Crippen molar-refractivity contribution in [2.45, 2.75) is 56.5 Å². The number of carbonyl (C=O) groups is 2. The van der Waals surface area contributed by atoms with E-state index in [9.17, 15) is 14.4 Å². The molecule has 1 aromatic carbocycles. The molecule has 12 heteroatoms. The molecule has 2 N–H and O–H groups in total. The fourth-order valence-corrected chi connectivity index (χ4v) is 5.26. The minimum Gasteiger partial charge on any atom is -0.376 e. The second-order valence-corrected chi connectivity index (χ2v) is 10.1. The van der Waals surface area contributed by atoms with Crippen molar-refractivity contribution in [1.82, 2.24) is 20.0 Å². The number of carbonyl (C=O) groups excluding carboxylic acids is 2. The van der Waals surface area contributed by atoms with Gasteiger partial charge in [-0.25, -0.2) is 4.98 Å². The molecule has 0 unspecified atom stereocenters. The van der Waals surface area contributed by atoms with Crippen molar-refractivity contribution in [2.24, 2.45) is 0 Å². The van der Waals surface area contributed by atoms with Gasteiger partial charge in [0.15, 0.2) is 11.0 Å². The number of aryl methyl sites for hydroxylation is 1. The Bertz CT molecular complexity index is 1340. The third-order valence-electron chi connectivity index (χ3n) is 6.33. The third-order valence-corrected chi connectivity index (χ3v) is 7.31. The highest BCUT2D eigenvalue weighted by molar-refractivity contribution is 7.99. The molecule has 2 fully saturated rings. The standard InChI is InChI=1S/C25H29N5O6S/c1-15-10-21(29-36-15)28-22(31)14-37-25-27-20-11-16(23(32)26-12-17-4-2-8-34-17)6-7-19(20)24(33)30(25)13-18-5-3-9-35-18/h6-7,10-11,17-18H,2-5,8-9,12-14H2,1H3,(H,26,32)(H,28,29,31)/t17-,18+/m1/s1. The number of ether oxygens (including phenoxy) is 2. The average molecular weight is 528 g/mol. The van der Waals surface area contributed by atoms with Crippen LogP contribution in [-0.2, 0) is 20.8 Å².